The maximum Gasteiger partial charge on any atom is 0.231 e. The van der Waals surface area contributed by atoms with Gasteiger partial charge in [-0.25, -0.2) is 4.98 Å². The third-order valence-electron chi connectivity index (χ3n) is 5.83. The Morgan fingerprint density at radius 1 is 1.18 bits per heavy atom. The Balaban J connectivity index is 1.46. The van der Waals surface area contributed by atoms with Crippen LogP contribution in [0.1, 0.15) is 43.5 Å². The Bertz CT molecular complexity index is 841. The molecule has 2 aromatic rings. The molecule has 8 heteroatoms. The maximum absolute atomic E-state index is 5.62. The van der Waals surface area contributed by atoms with Crippen LogP contribution in [0.3, 0.4) is 0 Å². The lowest BCUT2D eigenvalue weighted by Gasteiger charge is -2.38. The first-order chi connectivity index (χ1) is 13.7. The van der Waals surface area contributed by atoms with Gasteiger partial charge in [0.15, 0.2) is 17.5 Å². The van der Waals surface area contributed by atoms with Crippen LogP contribution in [0.5, 0.6) is 11.5 Å². The number of rotatable bonds is 5. The summed E-state index contributed by atoms with van der Waals surface area (Å²) in [5.41, 5.74) is 1.38. The van der Waals surface area contributed by atoms with E-state index in [2.05, 4.69) is 37.8 Å². The summed E-state index contributed by atoms with van der Waals surface area (Å²) < 4.78 is 12.9. The molecule has 2 heterocycles. The molecule has 8 nitrogen and oxygen atoms in total. The molecule has 1 fully saturated rings. The van der Waals surface area contributed by atoms with E-state index in [-0.39, 0.29) is 5.41 Å². The van der Waals surface area contributed by atoms with Gasteiger partial charge in [-0.3, -0.25) is 9.67 Å². The Morgan fingerprint density at radius 2 is 2.00 bits per heavy atom. The number of aromatic nitrogens is 3. The summed E-state index contributed by atoms with van der Waals surface area (Å²) in [5, 5.41) is 11.0. The molecule has 0 unspecified atom stereocenters. The Labute approximate surface area is 165 Å². The van der Waals surface area contributed by atoms with Crippen molar-refractivity contribution in [1.82, 2.24) is 25.4 Å². The maximum atomic E-state index is 5.62. The number of benzene rings is 1. The van der Waals surface area contributed by atoms with Crippen molar-refractivity contribution in [3.63, 3.8) is 0 Å². The Hall–Kier alpha value is -2.77. The molecule has 2 N–H and O–H groups in total. The van der Waals surface area contributed by atoms with Gasteiger partial charge in [-0.05, 0) is 30.5 Å². The first kappa shape index (κ1) is 18.6. The zero-order valence-electron chi connectivity index (χ0n) is 16.6. The van der Waals surface area contributed by atoms with Crippen LogP contribution in [-0.4, -0.2) is 41.1 Å². The zero-order valence-corrected chi connectivity index (χ0v) is 16.6. The van der Waals surface area contributed by atoms with Gasteiger partial charge in [0.1, 0.15) is 12.2 Å². The van der Waals surface area contributed by atoms with Crippen LogP contribution < -0.4 is 20.1 Å². The molecule has 0 saturated heterocycles. The number of nitrogens with one attached hydrogen (secondary N) is 2. The van der Waals surface area contributed by atoms with Crippen LogP contribution in [-0.2, 0) is 19.0 Å². The van der Waals surface area contributed by atoms with Crippen molar-refractivity contribution in [2.45, 2.75) is 44.1 Å². The molecule has 1 aromatic carbocycles. The van der Waals surface area contributed by atoms with E-state index in [0.29, 0.717) is 13.3 Å². The summed E-state index contributed by atoms with van der Waals surface area (Å²) in [6.45, 7) is 1.71. The van der Waals surface area contributed by atoms with Crippen molar-refractivity contribution < 1.29 is 9.47 Å². The predicted octanol–water partition coefficient (Wildman–Crippen LogP) is 2.11. The van der Waals surface area contributed by atoms with Crippen molar-refractivity contribution in [3.05, 3.63) is 35.9 Å². The first-order valence-corrected chi connectivity index (χ1v) is 9.88. The van der Waals surface area contributed by atoms with Crippen LogP contribution in [0.4, 0.5) is 0 Å². The summed E-state index contributed by atoms with van der Waals surface area (Å²) >= 11 is 0. The van der Waals surface area contributed by atoms with E-state index in [4.69, 9.17) is 9.47 Å². The molecule has 1 aliphatic heterocycles. The zero-order chi connectivity index (χ0) is 19.4. The average Bonchev–Trinajstić information content (AvgIpc) is 3.37. The van der Waals surface area contributed by atoms with Crippen molar-refractivity contribution in [3.8, 4) is 11.5 Å². The summed E-state index contributed by atoms with van der Waals surface area (Å²) in [7, 11) is 3.68. The third kappa shape index (κ3) is 3.76. The minimum absolute atomic E-state index is 0.0711. The van der Waals surface area contributed by atoms with Crippen molar-refractivity contribution in [1.29, 1.82) is 0 Å². The molecule has 0 bridgehead atoms. The number of hydrogen-bond donors (Lipinski definition) is 2. The number of ether oxygens (including phenoxy) is 2. The van der Waals surface area contributed by atoms with Gasteiger partial charge in [-0.1, -0.05) is 25.3 Å². The Kier molecular flexibility index (Phi) is 5.36. The van der Waals surface area contributed by atoms with E-state index in [1.807, 2.05) is 13.1 Å². The van der Waals surface area contributed by atoms with Crippen molar-refractivity contribution in [2.75, 3.05) is 20.4 Å². The highest BCUT2D eigenvalue weighted by molar-refractivity contribution is 5.79. The van der Waals surface area contributed by atoms with Crippen molar-refractivity contribution in [2.24, 2.45) is 12.0 Å². The molecule has 2 aliphatic rings. The summed E-state index contributed by atoms with van der Waals surface area (Å²) in [4.78, 5) is 8.62. The normalized spacial score (nSPS) is 18.1. The Morgan fingerprint density at radius 3 is 2.75 bits per heavy atom. The van der Waals surface area contributed by atoms with Gasteiger partial charge < -0.3 is 20.1 Å². The smallest absolute Gasteiger partial charge is 0.231 e. The molecule has 1 aliphatic carbocycles. The summed E-state index contributed by atoms with van der Waals surface area (Å²) in [5.74, 6) is 3.33. The first-order valence-electron chi connectivity index (χ1n) is 9.88. The second kappa shape index (κ2) is 8.08. The minimum Gasteiger partial charge on any atom is -0.454 e. The van der Waals surface area contributed by atoms with Gasteiger partial charge in [-0.15, -0.1) is 0 Å². The molecule has 1 saturated carbocycles. The number of fused-ring (bicyclic) bond motifs is 1. The highest BCUT2D eigenvalue weighted by atomic mass is 16.7. The van der Waals surface area contributed by atoms with Crippen LogP contribution in [0, 0.1) is 0 Å². The highest BCUT2D eigenvalue weighted by Crippen LogP contribution is 2.43. The fraction of sp³-hybridized carbons (Fsp3) is 0.550. The fourth-order valence-electron chi connectivity index (χ4n) is 4.14. The lowest BCUT2D eigenvalue weighted by molar-refractivity contribution is 0.174. The van der Waals surface area contributed by atoms with E-state index in [1.54, 1.807) is 18.1 Å². The monoisotopic (exact) mass is 384 g/mol. The van der Waals surface area contributed by atoms with Gasteiger partial charge in [0.2, 0.25) is 6.79 Å². The number of nitrogens with zero attached hydrogens (tertiary/aromatic N) is 4. The molecule has 0 amide bonds. The van der Waals surface area contributed by atoms with E-state index >= 15 is 0 Å². The number of hydrogen-bond acceptors (Lipinski definition) is 5. The lowest BCUT2D eigenvalue weighted by Crippen LogP contribution is -2.46. The number of aliphatic imine (C=N–C) groups is 1. The quantitative estimate of drug-likeness (QED) is 0.607. The number of guanidine groups is 1. The second-order valence-electron chi connectivity index (χ2n) is 7.49. The summed E-state index contributed by atoms with van der Waals surface area (Å²) in [6, 6.07) is 6.39. The average molecular weight is 384 g/mol. The van der Waals surface area contributed by atoms with E-state index in [1.165, 1.54) is 24.8 Å². The largest absolute Gasteiger partial charge is 0.454 e. The van der Waals surface area contributed by atoms with Gasteiger partial charge >= 0.3 is 0 Å². The molecule has 0 spiro atoms. The van der Waals surface area contributed by atoms with E-state index < -0.39 is 0 Å². The minimum atomic E-state index is 0.0711. The molecular weight excluding hydrogens is 356 g/mol. The van der Waals surface area contributed by atoms with Crippen molar-refractivity contribution >= 4 is 5.96 Å². The molecule has 4 rings (SSSR count). The molecule has 0 radical (unpaired) electrons. The highest BCUT2D eigenvalue weighted by Gasteiger charge is 2.35. The standard InChI is InChI=1S/C20H28N6O2/c1-21-19(22-11-18-24-13-25-26(18)2)23-12-20(8-4-3-5-9-20)15-6-7-16-17(10-15)28-14-27-16/h6-7,10,13H,3-5,8-9,11-12,14H2,1-2H3,(H2,21,22,23). The van der Waals surface area contributed by atoms with Gasteiger partial charge in [0.05, 0.1) is 6.54 Å². The second-order valence-corrected chi connectivity index (χ2v) is 7.49. The summed E-state index contributed by atoms with van der Waals surface area (Å²) in [6.07, 6.45) is 7.64. The fourth-order valence-corrected chi connectivity index (χ4v) is 4.14. The lowest BCUT2D eigenvalue weighted by atomic mass is 9.69. The molecule has 150 valence electrons. The van der Waals surface area contributed by atoms with Crippen LogP contribution in [0.15, 0.2) is 29.5 Å². The van der Waals surface area contributed by atoms with Gasteiger partial charge in [0.25, 0.3) is 0 Å². The molecular formula is C20H28N6O2. The third-order valence-corrected chi connectivity index (χ3v) is 5.83. The number of aryl methyl sites for hydroxylation is 1. The van der Waals surface area contributed by atoms with Crippen LogP contribution in [0.2, 0.25) is 0 Å². The molecule has 1 aromatic heterocycles. The van der Waals surface area contributed by atoms with Crippen LogP contribution in [0.25, 0.3) is 0 Å². The van der Waals surface area contributed by atoms with E-state index in [0.717, 1.165) is 42.7 Å². The molecule has 28 heavy (non-hydrogen) atoms. The topological polar surface area (TPSA) is 85.6 Å². The van der Waals surface area contributed by atoms with Crippen LogP contribution >= 0.6 is 0 Å². The SMILES string of the molecule is CN=C(NCc1ncnn1C)NCC1(c2ccc3c(c2)OCO3)CCCCC1. The van der Waals surface area contributed by atoms with Gasteiger partial charge in [-0.2, -0.15) is 5.10 Å². The van der Waals surface area contributed by atoms with E-state index in [9.17, 15) is 0 Å². The van der Waals surface area contributed by atoms with Gasteiger partial charge in [0, 0.05) is 26.1 Å². The predicted molar refractivity (Wildman–Crippen MR) is 107 cm³/mol. The molecule has 0 atom stereocenters.